The molecule has 3 aromatic heterocycles. The lowest BCUT2D eigenvalue weighted by molar-refractivity contribution is 0.669. The number of hydrogen-bond donors (Lipinski definition) is 0. The number of aromatic nitrogens is 1. The van der Waals surface area contributed by atoms with Gasteiger partial charge >= 0.3 is 0 Å². The molecule has 58 heavy (non-hydrogen) atoms. The van der Waals surface area contributed by atoms with E-state index in [4.69, 9.17) is 4.42 Å². The van der Waals surface area contributed by atoms with Crippen molar-refractivity contribution in [3.8, 4) is 27.9 Å². The van der Waals surface area contributed by atoms with Crippen LogP contribution in [0, 0.1) is 0 Å². The summed E-state index contributed by atoms with van der Waals surface area (Å²) >= 11 is 1.87. The van der Waals surface area contributed by atoms with E-state index in [1.807, 2.05) is 17.4 Å². The molecule has 0 saturated heterocycles. The maximum absolute atomic E-state index is 6.40. The zero-order valence-corrected chi connectivity index (χ0v) is 32.2. The smallest absolute Gasteiger partial charge is 0.137 e. The first-order chi connectivity index (χ1) is 28.8. The maximum Gasteiger partial charge on any atom is 0.137 e. The summed E-state index contributed by atoms with van der Waals surface area (Å²) in [5.74, 6) is 0. The van der Waals surface area contributed by atoms with Crippen molar-refractivity contribution in [1.82, 2.24) is 4.57 Å². The fourth-order valence-corrected chi connectivity index (χ4v) is 10.2. The van der Waals surface area contributed by atoms with Crippen molar-refractivity contribution in [1.29, 1.82) is 0 Å². The first kappa shape index (κ1) is 32.8. The molecule has 0 aliphatic rings. The van der Waals surface area contributed by atoms with Gasteiger partial charge in [-0.05, 0) is 89.5 Å². The zero-order valence-electron chi connectivity index (χ0n) is 31.3. The van der Waals surface area contributed by atoms with Gasteiger partial charge in [-0.15, -0.1) is 11.3 Å². The summed E-state index contributed by atoms with van der Waals surface area (Å²) < 4.78 is 11.4. The van der Waals surface area contributed by atoms with Gasteiger partial charge in [-0.1, -0.05) is 133 Å². The Kier molecular flexibility index (Phi) is 7.40. The quantitative estimate of drug-likeness (QED) is 0.168. The minimum Gasteiger partial charge on any atom is -0.456 e. The van der Waals surface area contributed by atoms with Crippen LogP contribution in [0.4, 0.5) is 17.1 Å². The fraction of sp³-hybridized carbons (Fsp3) is 0. The number of thiophene rings is 1. The van der Waals surface area contributed by atoms with Crippen LogP contribution < -0.4 is 4.90 Å². The highest BCUT2D eigenvalue weighted by Crippen LogP contribution is 2.46. The lowest BCUT2D eigenvalue weighted by Gasteiger charge is -2.26. The minimum atomic E-state index is 0.871. The summed E-state index contributed by atoms with van der Waals surface area (Å²) in [5, 5.41) is 7.28. The SMILES string of the molecule is c1ccc(-c2ccc(N(c3ccc(-c4cc(-n5c6ccccc6c6ccccc65)cc5c4sc4ccccc45)cc3)c3cccc4oc5ccccc5c34)cc2)cc1. The van der Waals surface area contributed by atoms with Crippen LogP contribution in [0.2, 0.25) is 0 Å². The van der Waals surface area contributed by atoms with Crippen LogP contribution in [-0.2, 0) is 0 Å². The van der Waals surface area contributed by atoms with E-state index in [0.29, 0.717) is 0 Å². The molecule has 9 aromatic carbocycles. The Morgan fingerprint density at radius 2 is 0.983 bits per heavy atom. The van der Waals surface area contributed by atoms with E-state index < -0.39 is 0 Å². The molecule has 0 spiro atoms. The van der Waals surface area contributed by atoms with E-state index in [0.717, 1.165) is 44.7 Å². The van der Waals surface area contributed by atoms with Crippen LogP contribution in [0.3, 0.4) is 0 Å². The number of hydrogen-bond acceptors (Lipinski definition) is 3. The van der Waals surface area contributed by atoms with E-state index in [1.54, 1.807) is 0 Å². The highest BCUT2D eigenvalue weighted by molar-refractivity contribution is 7.26. The van der Waals surface area contributed by atoms with Gasteiger partial charge in [0.15, 0.2) is 0 Å². The van der Waals surface area contributed by atoms with Crippen molar-refractivity contribution in [2.75, 3.05) is 4.90 Å². The predicted octanol–water partition coefficient (Wildman–Crippen LogP) is 15.9. The topological polar surface area (TPSA) is 21.3 Å². The van der Waals surface area contributed by atoms with Crippen LogP contribution in [0.15, 0.2) is 211 Å². The molecule has 0 aliphatic carbocycles. The summed E-state index contributed by atoms with van der Waals surface area (Å²) in [6.45, 7) is 0. The van der Waals surface area contributed by atoms with Crippen LogP contribution in [0.5, 0.6) is 0 Å². The molecule has 0 amide bonds. The highest BCUT2D eigenvalue weighted by atomic mass is 32.1. The number of rotatable bonds is 6. The van der Waals surface area contributed by atoms with Crippen molar-refractivity contribution < 1.29 is 4.42 Å². The van der Waals surface area contributed by atoms with Crippen molar-refractivity contribution in [3.05, 3.63) is 206 Å². The van der Waals surface area contributed by atoms with Crippen LogP contribution in [0.1, 0.15) is 0 Å². The zero-order chi connectivity index (χ0) is 38.2. The third-order valence-electron chi connectivity index (χ3n) is 11.6. The van der Waals surface area contributed by atoms with E-state index in [2.05, 4.69) is 210 Å². The Morgan fingerprint density at radius 3 is 1.71 bits per heavy atom. The number of para-hydroxylation sites is 3. The lowest BCUT2D eigenvalue weighted by Crippen LogP contribution is -2.10. The van der Waals surface area contributed by atoms with Crippen molar-refractivity contribution >= 4 is 92.3 Å². The largest absolute Gasteiger partial charge is 0.456 e. The van der Waals surface area contributed by atoms with E-state index in [-0.39, 0.29) is 0 Å². The van der Waals surface area contributed by atoms with Gasteiger partial charge in [0, 0.05) is 59.0 Å². The van der Waals surface area contributed by atoms with Crippen LogP contribution in [-0.4, -0.2) is 4.57 Å². The second-order valence-electron chi connectivity index (χ2n) is 14.9. The molecule has 272 valence electrons. The second-order valence-corrected chi connectivity index (χ2v) is 15.9. The molecular weight excluding hydrogens is 725 g/mol. The summed E-state index contributed by atoms with van der Waals surface area (Å²) in [5.41, 5.74) is 13.3. The molecule has 12 rings (SSSR count). The number of benzene rings is 9. The second kappa shape index (κ2) is 13.1. The predicted molar refractivity (Wildman–Crippen MR) is 247 cm³/mol. The number of fused-ring (bicyclic) bond motifs is 9. The molecule has 0 saturated carbocycles. The molecule has 3 nitrogen and oxygen atoms in total. The van der Waals surface area contributed by atoms with Gasteiger partial charge in [0.05, 0.1) is 22.1 Å². The van der Waals surface area contributed by atoms with Crippen LogP contribution in [0.25, 0.3) is 91.9 Å². The van der Waals surface area contributed by atoms with Gasteiger partial charge in [0.2, 0.25) is 0 Å². The average molecular weight is 759 g/mol. The molecule has 0 unspecified atom stereocenters. The third kappa shape index (κ3) is 5.12. The third-order valence-corrected chi connectivity index (χ3v) is 12.8. The van der Waals surface area contributed by atoms with Crippen molar-refractivity contribution in [3.63, 3.8) is 0 Å². The molecular formula is C54H34N2OS. The molecule has 4 heteroatoms. The van der Waals surface area contributed by atoms with Gasteiger partial charge in [0.25, 0.3) is 0 Å². The minimum absolute atomic E-state index is 0.871. The molecule has 0 fully saturated rings. The standard InChI is InChI=1S/C54H34N2OS/c1-2-13-35(14-3-1)36-25-29-38(30-26-36)55(49-21-12-23-51-53(49)44-18-6-10-22-50(44)57-51)39-31-27-37(28-32-39)45-33-40(34-46-43-17-7-11-24-52(43)58-54(45)46)56-47-19-8-4-15-41(47)42-16-5-9-20-48(42)56/h1-34H. The molecule has 0 radical (unpaired) electrons. The van der Waals surface area contributed by atoms with E-state index in [9.17, 15) is 0 Å². The Balaban J connectivity index is 1.05. The Labute approximate surface area is 338 Å². The van der Waals surface area contributed by atoms with Crippen LogP contribution >= 0.6 is 11.3 Å². The molecule has 0 atom stereocenters. The molecule has 0 N–H and O–H groups in total. The summed E-state index contributed by atoms with van der Waals surface area (Å²) in [6, 6.07) is 74.4. The van der Waals surface area contributed by atoms with E-state index in [1.165, 1.54) is 64.2 Å². The molecule has 3 heterocycles. The van der Waals surface area contributed by atoms with Gasteiger partial charge in [-0.3, -0.25) is 0 Å². The number of furan rings is 1. The van der Waals surface area contributed by atoms with Crippen molar-refractivity contribution in [2.24, 2.45) is 0 Å². The molecule has 12 aromatic rings. The Bertz CT molecular complexity index is 3450. The van der Waals surface area contributed by atoms with E-state index >= 15 is 0 Å². The molecule has 0 aliphatic heterocycles. The Hall–Kier alpha value is -7.40. The highest BCUT2D eigenvalue weighted by Gasteiger charge is 2.21. The first-order valence-corrected chi connectivity index (χ1v) is 20.5. The van der Waals surface area contributed by atoms with Gasteiger partial charge in [-0.25, -0.2) is 0 Å². The average Bonchev–Trinajstić information content (AvgIpc) is 3.97. The fourth-order valence-electron chi connectivity index (χ4n) is 8.95. The Morgan fingerprint density at radius 1 is 0.414 bits per heavy atom. The lowest BCUT2D eigenvalue weighted by atomic mass is 10.00. The van der Waals surface area contributed by atoms with Gasteiger partial charge in [-0.2, -0.15) is 0 Å². The van der Waals surface area contributed by atoms with Crippen molar-refractivity contribution in [2.45, 2.75) is 0 Å². The normalized spacial score (nSPS) is 11.8. The summed E-state index contributed by atoms with van der Waals surface area (Å²) in [7, 11) is 0. The first-order valence-electron chi connectivity index (χ1n) is 19.7. The van der Waals surface area contributed by atoms with Gasteiger partial charge < -0.3 is 13.9 Å². The number of nitrogens with zero attached hydrogens (tertiary/aromatic N) is 2. The monoisotopic (exact) mass is 758 g/mol. The maximum atomic E-state index is 6.40. The van der Waals surface area contributed by atoms with Gasteiger partial charge in [0.1, 0.15) is 11.2 Å². The molecule has 0 bridgehead atoms. The number of anilines is 3. The summed E-state index contributed by atoms with van der Waals surface area (Å²) in [4.78, 5) is 2.37. The summed E-state index contributed by atoms with van der Waals surface area (Å²) in [6.07, 6.45) is 0.